The van der Waals surface area contributed by atoms with Gasteiger partial charge < -0.3 is 0 Å². The summed E-state index contributed by atoms with van der Waals surface area (Å²) in [6, 6.07) is 2.37. The lowest BCUT2D eigenvalue weighted by atomic mass is 9.76. The second-order valence-corrected chi connectivity index (χ2v) is 4.11. The molecule has 1 nitrogen and oxygen atoms in total. The van der Waals surface area contributed by atoms with Crippen LogP contribution in [0.25, 0.3) is 0 Å². The molecular formula is C11H19N. The molecule has 1 atom stereocenters. The molecule has 0 radical (unpaired) electrons. The van der Waals surface area contributed by atoms with E-state index in [0.717, 1.165) is 5.92 Å². The van der Waals surface area contributed by atoms with Gasteiger partial charge in [-0.2, -0.15) is 5.26 Å². The van der Waals surface area contributed by atoms with Gasteiger partial charge >= 0.3 is 0 Å². The third-order valence-corrected chi connectivity index (χ3v) is 3.38. The van der Waals surface area contributed by atoms with Gasteiger partial charge in [-0.15, -0.1) is 0 Å². The van der Waals surface area contributed by atoms with Crippen LogP contribution in [-0.2, 0) is 0 Å². The Kier molecular flexibility index (Phi) is 3.59. The van der Waals surface area contributed by atoms with Gasteiger partial charge in [-0.1, -0.05) is 26.2 Å². The van der Waals surface area contributed by atoms with Crippen LogP contribution in [0, 0.1) is 29.1 Å². The van der Waals surface area contributed by atoms with E-state index >= 15 is 0 Å². The lowest BCUT2D eigenvalue weighted by molar-refractivity contribution is 0.237. The molecule has 0 amide bonds. The van der Waals surface area contributed by atoms with E-state index in [0.29, 0.717) is 5.92 Å². The number of nitrogens with zero attached hydrogens (tertiary/aromatic N) is 1. The smallest absolute Gasteiger partial charge is 0.0655 e. The van der Waals surface area contributed by atoms with Crippen molar-refractivity contribution in [3.05, 3.63) is 0 Å². The molecule has 0 spiro atoms. The summed E-state index contributed by atoms with van der Waals surface area (Å²) >= 11 is 0. The molecule has 1 unspecified atom stereocenters. The van der Waals surface area contributed by atoms with E-state index in [2.05, 4.69) is 19.9 Å². The minimum Gasteiger partial charge on any atom is -0.198 e. The Morgan fingerprint density at radius 1 is 1.33 bits per heavy atom. The Labute approximate surface area is 75.8 Å². The Hall–Kier alpha value is -0.510. The quantitative estimate of drug-likeness (QED) is 0.615. The first-order valence-electron chi connectivity index (χ1n) is 5.17. The van der Waals surface area contributed by atoms with Crippen LogP contribution in [0.1, 0.15) is 46.0 Å². The Morgan fingerprint density at radius 3 is 2.33 bits per heavy atom. The SMILES string of the molecule is CCC1CCC(C(C)C#N)CC1. The minimum atomic E-state index is 0.280. The zero-order valence-corrected chi connectivity index (χ0v) is 8.21. The zero-order chi connectivity index (χ0) is 8.97. The first-order chi connectivity index (χ1) is 5.77. The van der Waals surface area contributed by atoms with Crippen LogP contribution in [0.3, 0.4) is 0 Å². The normalized spacial score (nSPS) is 32.4. The Balaban J connectivity index is 2.31. The van der Waals surface area contributed by atoms with E-state index in [4.69, 9.17) is 5.26 Å². The molecule has 1 aliphatic rings. The van der Waals surface area contributed by atoms with E-state index in [9.17, 15) is 0 Å². The van der Waals surface area contributed by atoms with Crippen LogP contribution in [0.5, 0.6) is 0 Å². The van der Waals surface area contributed by atoms with Crippen molar-refractivity contribution in [3.8, 4) is 6.07 Å². The van der Waals surface area contributed by atoms with E-state index in [1.165, 1.54) is 32.1 Å². The highest BCUT2D eigenvalue weighted by Gasteiger charge is 2.23. The molecule has 0 aromatic heterocycles. The van der Waals surface area contributed by atoms with Gasteiger partial charge in [-0.05, 0) is 31.6 Å². The molecular weight excluding hydrogens is 146 g/mol. The van der Waals surface area contributed by atoms with Crippen molar-refractivity contribution in [2.24, 2.45) is 17.8 Å². The molecule has 1 saturated carbocycles. The van der Waals surface area contributed by atoms with E-state index in [1.807, 2.05) is 0 Å². The van der Waals surface area contributed by atoms with Crippen molar-refractivity contribution in [3.63, 3.8) is 0 Å². The van der Waals surface area contributed by atoms with Crippen molar-refractivity contribution < 1.29 is 0 Å². The first-order valence-corrected chi connectivity index (χ1v) is 5.17. The number of hydrogen-bond acceptors (Lipinski definition) is 1. The average Bonchev–Trinajstić information content (AvgIpc) is 2.17. The molecule has 1 aliphatic carbocycles. The maximum atomic E-state index is 8.76. The molecule has 68 valence electrons. The van der Waals surface area contributed by atoms with Gasteiger partial charge in [0.25, 0.3) is 0 Å². The molecule has 0 aromatic carbocycles. The van der Waals surface area contributed by atoms with Gasteiger partial charge in [-0.25, -0.2) is 0 Å². The first kappa shape index (κ1) is 9.58. The van der Waals surface area contributed by atoms with Crippen LogP contribution in [0.4, 0.5) is 0 Å². The standard InChI is InChI=1S/C11H19N/c1-3-10-4-6-11(7-5-10)9(2)8-12/h9-11H,3-7H2,1-2H3. The van der Waals surface area contributed by atoms with Crippen molar-refractivity contribution >= 4 is 0 Å². The largest absolute Gasteiger partial charge is 0.198 e. The lowest BCUT2D eigenvalue weighted by Gasteiger charge is -2.28. The molecule has 0 aromatic rings. The van der Waals surface area contributed by atoms with Crippen LogP contribution in [0.2, 0.25) is 0 Å². The second-order valence-electron chi connectivity index (χ2n) is 4.11. The highest BCUT2D eigenvalue weighted by atomic mass is 14.3. The molecule has 12 heavy (non-hydrogen) atoms. The zero-order valence-electron chi connectivity index (χ0n) is 8.21. The Morgan fingerprint density at radius 2 is 1.92 bits per heavy atom. The van der Waals surface area contributed by atoms with Gasteiger partial charge in [0.1, 0.15) is 0 Å². The monoisotopic (exact) mass is 165 g/mol. The lowest BCUT2D eigenvalue weighted by Crippen LogP contribution is -2.18. The fourth-order valence-electron chi connectivity index (χ4n) is 2.20. The number of nitriles is 1. The summed E-state index contributed by atoms with van der Waals surface area (Å²) in [6.07, 6.45) is 6.61. The van der Waals surface area contributed by atoms with Crippen LogP contribution >= 0.6 is 0 Å². The van der Waals surface area contributed by atoms with Crippen LogP contribution in [0.15, 0.2) is 0 Å². The summed E-state index contributed by atoms with van der Waals surface area (Å²) in [7, 11) is 0. The van der Waals surface area contributed by atoms with Crippen molar-refractivity contribution in [1.29, 1.82) is 5.26 Å². The summed E-state index contributed by atoms with van der Waals surface area (Å²) in [6.45, 7) is 4.34. The molecule has 1 fully saturated rings. The predicted octanol–water partition coefficient (Wildman–Crippen LogP) is 3.36. The summed E-state index contributed by atoms with van der Waals surface area (Å²) in [4.78, 5) is 0. The average molecular weight is 165 g/mol. The molecule has 0 saturated heterocycles. The predicted molar refractivity (Wildman–Crippen MR) is 50.5 cm³/mol. The van der Waals surface area contributed by atoms with Gasteiger partial charge in [0.15, 0.2) is 0 Å². The summed E-state index contributed by atoms with van der Waals surface area (Å²) in [5, 5.41) is 8.76. The van der Waals surface area contributed by atoms with Gasteiger partial charge in [0.2, 0.25) is 0 Å². The molecule has 0 aliphatic heterocycles. The summed E-state index contributed by atoms with van der Waals surface area (Å²) in [5.74, 6) is 1.92. The fourth-order valence-corrected chi connectivity index (χ4v) is 2.20. The van der Waals surface area contributed by atoms with Gasteiger partial charge in [-0.3, -0.25) is 0 Å². The van der Waals surface area contributed by atoms with E-state index < -0.39 is 0 Å². The number of hydrogen-bond donors (Lipinski definition) is 0. The van der Waals surface area contributed by atoms with Crippen molar-refractivity contribution in [2.75, 3.05) is 0 Å². The Bertz CT molecular complexity index is 160. The maximum Gasteiger partial charge on any atom is 0.0655 e. The molecule has 0 N–H and O–H groups in total. The second kappa shape index (κ2) is 4.50. The fraction of sp³-hybridized carbons (Fsp3) is 0.909. The summed E-state index contributed by atoms with van der Waals surface area (Å²) in [5.41, 5.74) is 0. The van der Waals surface area contributed by atoms with Crippen molar-refractivity contribution in [2.45, 2.75) is 46.0 Å². The third-order valence-electron chi connectivity index (χ3n) is 3.38. The van der Waals surface area contributed by atoms with E-state index in [-0.39, 0.29) is 5.92 Å². The van der Waals surface area contributed by atoms with Crippen LogP contribution in [-0.4, -0.2) is 0 Å². The topological polar surface area (TPSA) is 23.8 Å². The maximum absolute atomic E-state index is 8.76. The van der Waals surface area contributed by atoms with Gasteiger partial charge in [0, 0.05) is 5.92 Å². The van der Waals surface area contributed by atoms with Crippen molar-refractivity contribution in [1.82, 2.24) is 0 Å². The highest BCUT2D eigenvalue weighted by Crippen LogP contribution is 2.34. The third kappa shape index (κ3) is 2.24. The van der Waals surface area contributed by atoms with Crippen LogP contribution < -0.4 is 0 Å². The number of rotatable bonds is 2. The molecule has 1 heteroatoms. The molecule has 0 bridgehead atoms. The molecule has 0 heterocycles. The summed E-state index contributed by atoms with van der Waals surface area (Å²) < 4.78 is 0. The van der Waals surface area contributed by atoms with Gasteiger partial charge in [0.05, 0.1) is 6.07 Å². The highest BCUT2D eigenvalue weighted by molar-refractivity contribution is 4.87. The minimum absolute atomic E-state index is 0.280. The molecule has 1 rings (SSSR count). The van der Waals surface area contributed by atoms with E-state index in [1.54, 1.807) is 0 Å².